The summed E-state index contributed by atoms with van der Waals surface area (Å²) in [5.41, 5.74) is 2.44. The summed E-state index contributed by atoms with van der Waals surface area (Å²) in [7, 11) is -3.19. The van der Waals surface area contributed by atoms with Crippen LogP contribution >= 0.6 is 0 Å². The molecule has 0 aliphatic heterocycles. The van der Waals surface area contributed by atoms with E-state index in [9.17, 15) is 8.42 Å². The zero-order valence-electron chi connectivity index (χ0n) is 10.6. The summed E-state index contributed by atoms with van der Waals surface area (Å²) in [5, 5.41) is 4.09. The monoisotopic (exact) mass is 277 g/mol. The quantitative estimate of drug-likeness (QED) is 0.930. The minimum Gasteiger partial charge on any atom is -0.283 e. The van der Waals surface area contributed by atoms with Gasteiger partial charge in [0.1, 0.15) is 0 Å². The standard InChI is InChI=1S/C13H15N3O2S/c1-10-8-9-16(14-10)12-4-2-11(3-5-12)15-19(17,18)13-6-7-13/h2-5,8-9,13,15H,6-7H2,1H3. The molecule has 0 spiro atoms. The number of sulfonamides is 1. The summed E-state index contributed by atoms with van der Waals surface area (Å²) < 4.78 is 27.9. The molecule has 1 aliphatic rings. The van der Waals surface area contributed by atoms with Crippen LogP contribution in [0, 0.1) is 6.92 Å². The minimum absolute atomic E-state index is 0.207. The minimum atomic E-state index is -3.19. The van der Waals surface area contributed by atoms with Crippen molar-refractivity contribution in [2.75, 3.05) is 4.72 Å². The van der Waals surface area contributed by atoms with E-state index in [4.69, 9.17) is 0 Å². The van der Waals surface area contributed by atoms with Crippen LogP contribution in [0.15, 0.2) is 36.5 Å². The highest BCUT2D eigenvalue weighted by atomic mass is 32.2. The summed E-state index contributed by atoms with van der Waals surface area (Å²) in [6.45, 7) is 1.93. The third-order valence-corrected chi connectivity index (χ3v) is 4.95. The number of hydrogen-bond acceptors (Lipinski definition) is 3. The van der Waals surface area contributed by atoms with Gasteiger partial charge in [0.2, 0.25) is 10.0 Å². The Morgan fingerprint density at radius 2 is 1.89 bits per heavy atom. The van der Waals surface area contributed by atoms with Crippen molar-refractivity contribution in [1.29, 1.82) is 0 Å². The third-order valence-electron chi connectivity index (χ3n) is 3.08. The van der Waals surface area contributed by atoms with E-state index in [2.05, 4.69) is 9.82 Å². The Morgan fingerprint density at radius 3 is 2.42 bits per heavy atom. The summed E-state index contributed by atoms with van der Waals surface area (Å²) in [5.74, 6) is 0. The lowest BCUT2D eigenvalue weighted by Crippen LogP contribution is -2.17. The maximum Gasteiger partial charge on any atom is 0.235 e. The topological polar surface area (TPSA) is 64.0 Å². The Balaban J connectivity index is 1.79. The molecular formula is C13H15N3O2S. The first-order valence-electron chi connectivity index (χ1n) is 6.19. The average molecular weight is 277 g/mol. The van der Waals surface area contributed by atoms with Crippen LogP contribution in [0.3, 0.4) is 0 Å². The van der Waals surface area contributed by atoms with Crippen molar-refractivity contribution in [3.05, 3.63) is 42.2 Å². The summed E-state index contributed by atoms with van der Waals surface area (Å²) in [6, 6.07) is 9.12. The molecule has 1 saturated carbocycles. The van der Waals surface area contributed by atoms with E-state index < -0.39 is 10.0 Å². The van der Waals surface area contributed by atoms with Crippen molar-refractivity contribution in [2.24, 2.45) is 0 Å². The van der Waals surface area contributed by atoms with Crippen LogP contribution < -0.4 is 4.72 Å². The first-order valence-corrected chi connectivity index (χ1v) is 7.73. The highest BCUT2D eigenvalue weighted by Gasteiger charge is 2.35. The van der Waals surface area contributed by atoms with Crippen LogP contribution in [0.25, 0.3) is 5.69 Å². The molecular weight excluding hydrogens is 262 g/mol. The zero-order chi connectivity index (χ0) is 13.5. The molecule has 1 N–H and O–H groups in total. The molecule has 1 aliphatic carbocycles. The Kier molecular flexibility index (Phi) is 2.82. The number of aryl methyl sites for hydroxylation is 1. The molecule has 19 heavy (non-hydrogen) atoms. The number of benzene rings is 1. The van der Waals surface area contributed by atoms with Crippen molar-refractivity contribution in [3.8, 4) is 5.69 Å². The van der Waals surface area contributed by atoms with Gasteiger partial charge in [-0.25, -0.2) is 13.1 Å². The van der Waals surface area contributed by atoms with Gasteiger partial charge in [0.05, 0.1) is 16.6 Å². The largest absolute Gasteiger partial charge is 0.283 e. The van der Waals surface area contributed by atoms with Crippen LogP contribution in [-0.4, -0.2) is 23.4 Å². The normalized spacial score (nSPS) is 15.4. The van der Waals surface area contributed by atoms with E-state index in [1.807, 2.05) is 31.3 Å². The van der Waals surface area contributed by atoms with Crippen molar-refractivity contribution in [3.63, 3.8) is 0 Å². The number of aromatic nitrogens is 2. The van der Waals surface area contributed by atoms with Crippen LogP contribution in [0.4, 0.5) is 5.69 Å². The van der Waals surface area contributed by atoms with Crippen molar-refractivity contribution < 1.29 is 8.42 Å². The maximum absolute atomic E-state index is 11.8. The van der Waals surface area contributed by atoms with E-state index in [-0.39, 0.29) is 5.25 Å². The molecule has 1 heterocycles. The Labute approximate surface area is 112 Å². The fourth-order valence-electron chi connectivity index (χ4n) is 1.87. The first-order chi connectivity index (χ1) is 9.04. The lowest BCUT2D eigenvalue weighted by atomic mass is 10.3. The van der Waals surface area contributed by atoms with Gasteiger partial charge in [0.15, 0.2) is 0 Å². The Bertz CT molecular complexity index is 685. The van der Waals surface area contributed by atoms with Gasteiger partial charge >= 0.3 is 0 Å². The van der Waals surface area contributed by atoms with Crippen LogP contribution in [-0.2, 0) is 10.0 Å². The zero-order valence-corrected chi connectivity index (χ0v) is 11.4. The number of rotatable bonds is 4. The molecule has 6 heteroatoms. The molecule has 1 aromatic heterocycles. The van der Waals surface area contributed by atoms with E-state index >= 15 is 0 Å². The van der Waals surface area contributed by atoms with Crippen molar-refractivity contribution >= 4 is 15.7 Å². The predicted molar refractivity (Wildman–Crippen MR) is 73.9 cm³/mol. The molecule has 0 saturated heterocycles. The highest BCUT2D eigenvalue weighted by Crippen LogP contribution is 2.29. The molecule has 0 radical (unpaired) electrons. The highest BCUT2D eigenvalue weighted by molar-refractivity contribution is 7.93. The van der Waals surface area contributed by atoms with Gasteiger partial charge in [0, 0.05) is 11.9 Å². The molecule has 2 aromatic rings. The van der Waals surface area contributed by atoms with E-state index in [0.717, 1.165) is 24.2 Å². The molecule has 0 unspecified atom stereocenters. The van der Waals surface area contributed by atoms with Gasteiger partial charge in [-0.15, -0.1) is 0 Å². The first kappa shape index (κ1) is 12.2. The van der Waals surface area contributed by atoms with E-state index in [1.54, 1.807) is 16.8 Å². The lowest BCUT2D eigenvalue weighted by molar-refractivity contribution is 0.600. The van der Waals surface area contributed by atoms with Crippen LogP contribution in [0.5, 0.6) is 0 Å². The molecule has 5 nitrogen and oxygen atoms in total. The molecule has 0 amide bonds. The smallest absolute Gasteiger partial charge is 0.235 e. The number of nitrogens with zero attached hydrogens (tertiary/aromatic N) is 2. The second-order valence-corrected chi connectivity index (χ2v) is 6.76. The number of nitrogens with one attached hydrogen (secondary N) is 1. The molecule has 3 rings (SSSR count). The molecule has 1 fully saturated rings. The van der Waals surface area contributed by atoms with Gasteiger partial charge in [-0.2, -0.15) is 5.10 Å². The lowest BCUT2D eigenvalue weighted by Gasteiger charge is -2.08. The fraction of sp³-hybridized carbons (Fsp3) is 0.308. The van der Waals surface area contributed by atoms with Gasteiger partial charge in [-0.05, 0) is 50.1 Å². The second kappa shape index (κ2) is 4.38. The predicted octanol–water partition coefficient (Wildman–Crippen LogP) is 2.08. The van der Waals surface area contributed by atoms with E-state index in [1.165, 1.54) is 0 Å². The Morgan fingerprint density at radius 1 is 1.21 bits per heavy atom. The summed E-state index contributed by atoms with van der Waals surface area (Å²) >= 11 is 0. The second-order valence-electron chi connectivity index (χ2n) is 4.79. The van der Waals surface area contributed by atoms with Gasteiger partial charge in [-0.1, -0.05) is 0 Å². The van der Waals surface area contributed by atoms with Gasteiger partial charge in [0.25, 0.3) is 0 Å². The molecule has 1 aromatic carbocycles. The third kappa shape index (κ3) is 2.63. The summed E-state index contributed by atoms with van der Waals surface area (Å²) in [6.07, 6.45) is 3.40. The van der Waals surface area contributed by atoms with Crippen LogP contribution in [0.1, 0.15) is 18.5 Å². The summed E-state index contributed by atoms with van der Waals surface area (Å²) in [4.78, 5) is 0. The molecule has 0 bridgehead atoms. The number of anilines is 1. The Hall–Kier alpha value is -1.82. The van der Waals surface area contributed by atoms with Crippen LogP contribution in [0.2, 0.25) is 0 Å². The van der Waals surface area contributed by atoms with Crippen molar-refractivity contribution in [1.82, 2.24) is 9.78 Å². The van der Waals surface area contributed by atoms with Gasteiger partial charge < -0.3 is 0 Å². The SMILES string of the molecule is Cc1ccn(-c2ccc(NS(=O)(=O)C3CC3)cc2)n1. The van der Waals surface area contributed by atoms with Crippen molar-refractivity contribution in [2.45, 2.75) is 25.0 Å². The average Bonchev–Trinajstić information content (AvgIpc) is 3.14. The van der Waals surface area contributed by atoms with Gasteiger partial charge in [-0.3, -0.25) is 4.72 Å². The maximum atomic E-state index is 11.8. The molecule has 0 atom stereocenters. The molecule has 100 valence electrons. The van der Waals surface area contributed by atoms with E-state index in [0.29, 0.717) is 5.69 Å². The number of hydrogen-bond donors (Lipinski definition) is 1. The fourth-order valence-corrected chi connectivity index (χ4v) is 3.25.